The topological polar surface area (TPSA) is 29.9 Å². The predicted molar refractivity (Wildman–Crippen MR) is 66.6 cm³/mol. The minimum Gasteiger partial charge on any atom is -0.376 e. The Bertz CT molecular complexity index is 583. The largest absolute Gasteiger partial charge is 0.376 e. The third-order valence-electron chi connectivity index (χ3n) is 2.79. The number of nitrogens with one attached hydrogen (secondary N) is 1. The molecule has 0 saturated carbocycles. The molecule has 0 spiro atoms. The van der Waals surface area contributed by atoms with Gasteiger partial charge in [-0.15, -0.1) is 0 Å². The van der Waals surface area contributed by atoms with Gasteiger partial charge < -0.3 is 5.32 Å². The average Bonchev–Trinajstić information content (AvgIpc) is 2.79. The Morgan fingerprint density at radius 1 is 1.25 bits per heavy atom. The third kappa shape index (κ3) is 3.49. The lowest BCUT2D eigenvalue weighted by Gasteiger charge is -2.14. The highest BCUT2D eigenvalue weighted by molar-refractivity contribution is 5.41. The van der Waals surface area contributed by atoms with Gasteiger partial charge in [0, 0.05) is 12.2 Å². The van der Waals surface area contributed by atoms with E-state index in [0.717, 1.165) is 16.8 Å². The summed E-state index contributed by atoms with van der Waals surface area (Å²) in [4.78, 5) is 0. The summed E-state index contributed by atoms with van der Waals surface area (Å²) in [6, 6.07) is 3.29. The fourth-order valence-corrected chi connectivity index (χ4v) is 1.79. The van der Waals surface area contributed by atoms with Crippen LogP contribution in [0, 0.1) is 11.6 Å². The first kappa shape index (κ1) is 14.4. The van der Waals surface area contributed by atoms with E-state index in [1.807, 2.05) is 0 Å². The van der Waals surface area contributed by atoms with Crippen molar-refractivity contribution in [3.63, 3.8) is 0 Å². The van der Waals surface area contributed by atoms with Crippen LogP contribution in [0.1, 0.15) is 18.5 Å². The number of hydrogen-bond acceptors (Lipinski definition) is 2. The Kier molecular flexibility index (Phi) is 4.26. The summed E-state index contributed by atoms with van der Waals surface area (Å²) >= 11 is 0. The lowest BCUT2D eigenvalue weighted by atomic mass is 10.1. The lowest BCUT2D eigenvalue weighted by Crippen LogP contribution is -2.08. The molecular weight excluding hydrogens is 274 g/mol. The second kappa shape index (κ2) is 5.94. The molecule has 0 saturated heterocycles. The Hall–Kier alpha value is -2.05. The van der Waals surface area contributed by atoms with Gasteiger partial charge in [0.2, 0.25) is 0 Å². The van der Waals surface area contributed by atoms with E-state index in [1.54, 1.807) is 6.92 Å². The summed E-state index contributed by atoms with van der Waals surface area (Å²) in [5.74, 6) is -1.84. The molecule has 7 heteroatoms. The standard InChI is InChI=1S/C13H13F4N3/c1-8(9-2-3-11(14)12(15)4-9)19-10-5-18-20(6-10)7-13(16)17/h2-6,8,13,19H,7H2,1H3/t8-/m0/s1. The molecule has 2 aromatic rings. The molecule has 1 N–H and O–H groups in total. The number of aromatic nitrogens is 2. The van der Waals surface area contributed by atoms with E-state index in [1.165, 1.54) is 18.5 Å². The van der Waals surface area contributed by atoms with E-state index < -0.39 is 24.6 Å². The Morgan fingerprint density at radius 3 is 2.65 bits per heavy atom. The van der Waals surface area contributed by atoms with Crippen molar-refractivity contribution < 1.29 is 17.6 Å². The van der Waals surface area contributed by atoms with Crippen molar-refractivity contribution in [1.29, 1.82) is 0 Å². The number of alkyl halides is 2. The monoisotopic (exact) mass is 287 g/mol. The van der Waals surface area contributed by atoms with Crippen molar-refractivity contribution >= 4 is 5.69 Å². The van der Waals surface area contributed by atoms with Crippen molar-refractivity contribution in [1.82, 2.24) is 9.78 Å². The van der Waals surface area contributed by atoms with Crippen LogP contribution in [0.2, 0.25) is 0 Å². The van der Waals surface area contributed by atoms with Crippen LogP contribution in [0.15, 0.2) is 30.6 Å². The zero-order chi connectivity index (χ0) is 14.7. The minimum atomic E-state index is -2.48. The highest BCUT2D eigenvalue weighted by Gasteiger charge is 2.11. The molecular formula is C13H13F4N3. The SMILES string of the molecule is C[C@H](Nc1cnn(CC(F)F)c1)c1ccc(F)c(F)c1. The van der Waals surface area contributed by atoms with Crippen LogP contribution in [-0.4, -0.2) is 16.2 Å². The molecule has 2 rings (SSSR count). The fourth-order valence-electron chi connectivity index (χ4n) is 1.79. The molecule has 0 bridgehead atoms. The molecule has 3 nitrogen and oxygen atoms in total. The summed E-state index contributed by atoms with van der Waals surface area (Å²) in [6.07, 6.45) is 0.354. The zero-order valence-electron chi connectivity index (χ0n) is 10.7. The van der Waals surface area contributed by atoms with E-state index in [-0.39, 0.29) is 6.04 Å². The summed E-state index contributed by atoms with van der Waals surface area (Å²) in [7, 11) is 0. The van der Waals surface area contributed by atoms with Crippen LogP contribution in [0.4, 0.5) is 23.2 Å². The average molecular weight is 287 g/mol. The van der Waals surface area contributed by atoms with Gasteiger partial charge in [0.1, 0.15) is 6.54 Å². The highest BCUT2D eigenvalue weighted by atomic mass is 19.3. The van der Waals surface area contributed by atoms with Gasteiger partial charge in [-0.1, -0.05) is 6.07 Å². The minimum absolute atomic E-state index is 0.311. The molecule has 0 aliphatic carbocycles. The molecule has 108 valence electrons. The Labute approximate surface area is 113 Å². The van der Waals surface area contributed by atoms with E-state index in [4.69, 9.17) is 0 Å². The van der Waals surface area contributed by atoms with Gasteiger partial charge in [-0.05, 0) is 24.6 Å². The molecule has 1 aromatic heterocycles. The van der Waals surface area contributed by atoms with E-state index in [2.05, 4.69) is 10.4 Å². The molecule has 0 amide bonds. The second-order valence-corrected chi connectivity index (χ2v) is 4.38. The third-order valence-corrected chi connectivity index (χ3v) is 2.79. The number of benzene rings is 1. The predicted octanol–water partition coefficient (Wildman–Crippen LogP) is 3.60. The van der Waals surface area contributed by atoms with E-state index in [0.29, 0.717) is 11.3 Å². The number of rotatable bonds is 5. The smallest absolute Gasteiger partial charge is 0.257 e. The van der Waals surface area contributed by atoms with Crippen LogP contribution < -0.4 is 5.32 Å². The van der Waals surface area contributed by atoms with Gasteiger partial charge in [0.05, 0.1) is 11.9 Å². The van der Waals surface area contributed by atoms with Gasteiger partial charge >= 0.3 is 0 Å². The highest BCUT2D eigenvalue weighted by Crippen LogP contribution is 2.20. The summed E-state index contributed by atoms with van der Waals surface area (Å²) < 4.78 is 51.4. The molecule has 1 atom stereocenters. The normalized spacial score (nSPS) is 12.7. The van der Waals surface area contributed by atoms with Gasteiger partial charge in [-0.2, -0.15) is 5.10 Å². The molecule has 0 unspecified atom stereocenters. The zero-order valence-corrected chi connectivity index (χ0v) is 10.7. The first-order valence-electron chi connectivity index (χ1n) is 5.98. The van der Waals surface area contributed by atoms with E-state index >= 15 is 0 Å². The van der Waals surface area contributed by atoms with Crippen molar-refractivity contribution in [3.8, 4) is 0 Å². The van der Waals surface area contributed by atoms with Crippen LogP contribution in [0.25, 0.3) is 0 Å². The maximum Gasteiger partial charge on any atom is 0.257 e. The Morgan fingerprint density at radius 2 is 2.00 bits per heavy atom. The summed E-state index contributed by atoms with van der Waals surface area (Å²) in [5, 5.41) is 6.76. The molecule has 1 heterocycles. The summed E-state index contributed by atoms with van der Waals surface area (Å²) in [6.45, 7) is 1.26. The van der Waals surface area contributed by atoms with Crippen LogP contribution >= 0.6 is 0 Å². The first-order valence-corrected chi connectivity index (χ1v) is 5.98. The van der Waals surface area contributed by atoms with Crippen molar-refractivity contribution in [2.75, 3.05) is 5.32 Å². The lowest BCUT2D eigenvalue weighted by molar-refractivity contribution is 0.122. The van der Waals surface area contributed by atoms with Crippen molar-refractivity contribution in [2.45, 2.75) is 25.9 Å². The maximum atomic E-state index is 13.1. The van der Waals surface area contributed by atoms with Gasteiger partial charge in [-0.3, -0.25) is 4.68 Å². The van der Waals surface area contributed by atoms with Crippen LogP contribution in [0.5, 0.6) is 0 Å². The van der Waals surface area contributed by atoms with Gasteiger partial charge in [0.25, 0.3) is 6.43 Å². The number of hydrogen-bond donors (Lipinski definition) is 1. The van der Waals surface area contributed by atoms with Gasteiger partial charge in [-0.25, -0.2) is 17.6 Å². The summed E-state index contributed by atoms with van der Waals surface area (Å²) in [5.41, 5.74) is 1.08. The van der Waals surface area contributed by atoms with Crippen molar-refractivity contribution in [3.05, 3.63) is 47.8 Å². The van der Waals surface area contributed by atoms with Gasteiger partial charge in [0.15, 0.2) is 11.6 Å². The molecule has 1 aromatic carbocycles. The molecule has 0 aliphatic rings. The quantitative estimate of drug-likeness (QED) is 0.852. The number of anilines is 1. The number of nitrogens with zero attached hydrogens (tertiary/aromatic N) is 2. The maximum absolute atomic E-state index is 13.1. The van der Waals surface area contributed by atoms with E-state index in [9.17, 15) is 17.6 Å². The first-order chi connectivity index (χ1) is 9.45. The Balaban J connectivity index is 2.05. The molecule has 0 aliphatic heterocycles. The molecule has 0 fully saturated rings. The second-order valence-electron chi connectivity index (χ2n) is 4.38. The van der Waals surface area contributed by atoms with Crippen LogP contribution in [-0.2, 0) is 6.54 Å². The fraction of sp³-hybridized carbons (Fsp3) is 0.308. The molecule has 20 heavy (non-hydrogen) atoms. The molecule has 0 radical (unpaired) electrons. The number of halogens is 4. The van der Waals surface area contributed by atoms with Crippen LogP contribution in [0.3, 0.4) is 0 Å². The van der Waals surface area contributed by atoms with Crippen molar-refractivity contribution in [2.24, 2.45) is 0 Å².